The molecule has 0 aromatic heterocycles. The van der Waals surface area contributed by atoms with Crippen molar-refractivity contribution < 1.29 is 8.42 Å². The summed E-state index contributed by atoms with van der Waals surface area (Å²) in [5.74, 6) is 5.22. The number of anilines is 2. The fourth-order valence-corrected chi connectivity index (χ4v) is 3.22. The van der Waals surface area contributed by atoms with Gasteiger partial charge in [0.1, 0.15) is 0 Å². The van der Waals surface area contributed by atoms with Gasteiger partial charge >= 0.3 is 0 Å². The summed E-state index contributed by atoms with van der Waals surface area (Å²) in [4.78, 5) is 0.0764. The number of benzene rings is 2. The summed E-state index contributed by atoms with van der Waals surface area (Å²) in [7, 11) is -3.77. The lowest BCUT2D eigenvalue weighted by Crippen LogP contribution is -2.14. The topological polar surface area (TPSA) is 84.2 Å². The molecule has 8 heteroatoms. The maximum Gasteiger partial charge on any atom is 0.261 e. The van der Waals surface area contributed by atoms with Gasteiger partial charge in [0.15, 0.2) is 0 Å². The Morgan fingerprint density at radius 1 is 0.950 bits per heavy atom. The van der Waals surface area contributed by atoms with E-state index in [-0.39, 0.29) is 20.6 Å². The molecule has 0 fully saturated rings. The van der Waals surface area contributed by atoms with E-state index in [4.69, 9.17) is 29.0 Å². The molecule has 0 unspecified atom stereocenters. The fourth-order valence-electron chi connectivity index (χ4n) is 1.52. The van der Waals surface area contributed by atoms with Gasteiger partial charge in [0.2, 0.25) is 0 Å². The van der Waals surface area contributed by atoms with Crippen LogP contribution in [0.5, 0.6) is 0 Å². The third-order valence-corrected chi connectivity index (χ3v) is 4.53. The lowest BCUT2D eigenvalue weighted by molar-refractivity contribution is 0.601. The summed E-state index contributed by atoms with van der Waals surface area (Å²) in [5, 5.41) is 0.447. The standard InChI is InChI=1S/C12H11Cl2N3O2S/c13-10-2-1-3-11(14)12(10)17-20(18,19)9-6-4-8(16-15)5-7-9/h1-7,16-17H,15H2. The number of rotatable bonds is 4. The molecule has 2 aromatic rings. The van der Waals surface area contributed by atoms with Crippen molar-refractivity contribution in [3.63, 3.8) is 0 Å². The van der Waals surface area contributed by atoms with Gasteiger partial charge in [-0.2, -0.15) is 0 Å². The molecule has 0 heterocycles. The summed E-state index contributed by atoms with van der Waals surface area (Å²) in [6.45, 7) is 0. The number of nitrogens with two attached hydrogens (primary N) is 1. The fraction of sp³-hybridized carbons (Fsp3) is 0. The van der Waals surface area contributed by atoms with E-state index in [1.807, 2.05) is 0 Å². The Morgan fingerprint density at radius 3 is 2.00 bits per heavy atom. The van der Waals surface area contributed by atoms with E-state index in [0.29, 0.717) is 5.69 Å². The number of hydrazine groups is 1. The van der Waals surface area contributed by atoms with Crippen LogP contribution in [0.3, 0.4) is 0 Å². The maximum absolute atomic E-state index is 12.2. The number of hydrogen-bond acceptors (Lipinski definition) is 4. The summed E-state index contributed by atoms with van der Waals surface area (Å²) in [6.07, 6.45) is 0. The molecule has 106 valence electrons. The second kappa shape index (κ2) is 5.88. The number of halogens is 2. The summed E-state index contributed by atoms with van der Waals surface area (Å²) < 4.78 is 26.8. The van der Waals surface area contributed by atoms with Gasteiger partial charge in [-0.25, -0.2) is 8.42 Å². The lowest BCUT2D eigenvalue weighted by atomic mass is 10.3. The van der Waals surface area contributed by atoms with Crippen LogP contribution in [0, 0.1) is 0 Å². The van der Waals surface area contributed by atoms with Gasteiger partial charge in [0.25, 0.3) is 10.0 Å². The molecule has 0 bridgehead atoms. The van der Waals surface area contributed by atoms with Gasteiger partial charge in [0.05, 0.1) is 20.6 Å². The smallest absolute Gasteiger partial charge is 0.261 e. The van der Waals surface area contributed by atoms with Crippen molar-refractivity contribution >= 4 is 44.6 Å². The predicted molar refractivity (Wildman–Crippen MR) is 81.5 cm³/mol. The lowest BCUT2D eigenvalue weighted by Gasteiger charge is -2.11. The highest BCUT2D eigenvalue weighted by Gasteiger charge is 2.17. The Hall–Kier alpha value is -1.47. The number of sulfonamides is 1. The molecule has 2 aromatic carbocycles. The summed E-state index contributed by atoms with van der Waals surface area (Å²) in [5.41, 5.74) is 3.16. The van der Waals surface area contributed by atoms with Gasteiger partial charge < -0.3 is 5.43 Å². The minimum atomic E-state index is -3.77. The average Bonchev–Trinajstić information content (AvgIpc) is 2.43. The Bertz CT molecular complexity index is 698. The molecule has 0 saturated carbocycles. The van der Waals surface area contributed by atoms with Crippen molar-refractivity contribution in [3.05, 3.63) is 52.5 Å². The minimum absolute atomic E-state index is 0.0764. The number of nitrogens with one attached hydrogen (secondary N) is 2. The van der Waals surface area contributed by atoms with Gasteiger partial charge in [-0.3, -0.25) is 10.6 Å². The zero-order valence-corrected chi connectivity index (χ0v) is 12.4. The van der Waals surface area contributed by atoms with Crippen LogP contribution in [0.2, 0.25) is 10.0 Å². The van der Waals surface area contributed by atoms with E-state index in [1.165, 1.54) is 12.1 Å². The molecule has 0 atom stereocenters. The van der Waals surface area contributed by atoms with E-state index >= 15 is 0 Å². The third kappa shape index (κ3) is 3.16. The van der Waals surface area contributed by atoms with Crippen molar-refractivity contribution in [2.24, 2.45) is 5.84 Å². The number of para-hydroxylation sites is 1. The molecule has 4 N–H and O–H groups in total. The largest absolute Gasteiger partial charge is 0.324 e. The molecular formula is C12H11Cl2N3O2S. The van der Waals surface area contributed by atoms with Crippen LogP contribution in [0.4, 0.5) is 11.4 Å². The van der Waals surface area contributed by atoms with E-state index in [2.05, 4.69) is 10.1 Å². The molecule has 0 aliphatic heterocycles. The molecule has 0 aliphatic carbocycles. The van der Waals surface area contributed by atoms with Crippen LogP contribution in [0.15, 0.2) is 47.4 Å². The maximum atomic E-state index is 12.2. The van der Waals surface area contributed by atoms with E-state index < -0.39 is 10.0 Å². The first-order chi connectivity index (χ1) is 9.44. The second-order valence-electron chi connectivity index (χ2n) is 3.87. The van der Waals surface area contributed by atoms with Crippen LogP contribution >= 0.6 is 23.2 Å². The zero-order valence-electron chi connectivity index (χ0n) is 10.1. The van der Waals surface area contributed by atoms with Crippen LogP contribution < -0.4 is 16.0 Å². The Kier molecular flexibility index (Phi) is 4.39. The predicted octanol–water partition coefficient (Wildman–Crippen LogP) is 3.08. The first-order valence-electron chi connectivity index (χ1n) is 5.47. The van der Waals surface area contributed by atoms with E-state index in [0.717, 1.165) is 0 Å². The molecule has 0 aliphatic rings. The average molecular weight is 332 g/mol. The zero-order chi connectivity index (χ0) is 14.8. The van der Waals surface area contributed by atoms with Gasteiger partial charge in [-0.1, -0.05) is 29.3 Å². The highest BCUT2D eigenvalue weighted by atomic mass is 35.5. The SMILES string of the molecule is NNc1ccc(S(=O)(=O)Nc2c(Cl)cccc2Cl)cc1. The van der Waals surface area contributed by atoms with Crippen molar-refractivity contribution in [1.29, 1.82) is 0 Å². The number of nitrogen functional groups attached to an aromatic ring is 1. The van der Waals surface area contributed by atoms with Gasteiger partial charge in [0, 0.05) is 5.69 Å². The van der Waals surface area contributed by atoms with Crippen molar-refractivity contribution in [3.8, 4) is 0 Å². The van der Waals surface area contributed by atoms with Gasteiger partial charge in [-0.15, -0.1) is 0 Å². The number of hydrogen-bond donors (Lipinski definition) is 3. The minimum Gasteiger partial charge on any atom is -0.324 e. The van der Waals surface area contributed by atoms with Crippen LogP contribution in [-0.4, -0.2) is 8.42 Å². The highest BCUT2D eigenvalue weighted by molar-refractivity contribution is 7.92. The summed E-state index contributed by atoms with van der Waals surface area (Å²) >= 11 is 11.9. The van der Waals surface area contributed by atoms with Crippen LogP contribution in [0.1, 0.15) is 0 Å². The Labute approximate surface area is 126 Å². The van der Waals surface area contributed by atoms with E-state index in [9.17, 15) is 8.42 Å². The molecule has 0 spiro atoms. The molecule has 0 saturated heterocycles. The second-order valence-corrected chi connectivity index (χ2v) is 6.37. The van der Waals surface area contributed by atoms with E-state index in [1.54, 1.807) is 30.3 Å². The van der Waals surface area contributed by atoms with Crippen LogP contribution in [0.25, 0.3) is 0 Å². The first-order valence-corrected chi connectivity index (χ1v) is 7.71. The third-order valence-electron chi connectivity index (χ3n) is 2.53. The highest BCUT2D eigenvalue weighted by Crippen LogP contribution is 2.31. The molecule has 5 nitrogen and oxygen atoms in total. The quantitative estimate of drug-likeness (QED) is 0.593. The molecule has 0 amide bonds. The van der Waals surface area contributed by atoms with Crippen molar-refractivity contribution in [1.82, 2.24) is 0 Å². The molecule has 2 rings (SSSR count). The van der Waals surface area contributed by atoms with Crippen molar-refractivity contribution in [2.75, 3.05) is 10.1 Å². The van der Waals surface area contributed by atoms with Gasteiger partial charge in [-0.05, 0) is 36.4 Å². The Balaban J connectivity index is 2.35. The summed E-state index contributed by atoms with van der Waals surface area (Å²) in [6, 6.07) is 10.7. The van der Waals surface area contributed by atoms with Crippen molar-refractivity contribution in [2.45, 2.75) is 4.90 Å². The molecular weight excluding hydrogens is 321 g/mol. The molecule has 20 heavy (non-hydrogen) atoms. The Morgan fingerprint density at radius 2 is 1.50 bits per heavy atom. The van der Waals surface area contributed by atoms with Crippen LogP contribution in [-0.2, 0) is 10.0 Å². The normalized spacial score (nSPS) is 11.2. The first kappa shape index (κ1) is 14.9. The monoisotopic (exact) mass is 331 g/mol. The molecule has 0 radical (unpaired) electrons.